The Bertz CT molecular complexity index is 672. The molecule has 0 spiro atoms. The minimum atomic E-state index is 0.370. The monoisotopic (exact) mass is 338 g/mol. The van der Waals surface area contributed by atoms with Gasteiger partial charge in [-0.15, -0.1) is 0 Å². The van der Waals surface area contributed by atoms with Gasteiger partial charge in [0.2, 0.25) is 0 Å². The summed E-state index contributed by atoms with van der Waals surface area (Å²) in [7, 11) is 0. The van der Waals surface area contributed by atoms with Crippen molar-refractivity contribution in [3.63, 3.8) is 0 Å². The lowest BCUT2D eigenvalue weighted by atomic mass is 10.1. The van der Waals surface area contributed by atoms with E-state index in [2.05, 4.69) is 47.9 Å². The van der Waals surface area contributed by atoms with E-state index in [4.69, 9.17) is 9.98 Å². The van der Waals surface area contributed by atoms with Crippen molar-refractivity contribution in [2.24, 2.45) is 4.99 Å². The van der Waals surface area contributed by atoms with Crippen molar-refractivity contribution in [3.05, 3.63) is 35.7 Å². The van der Waals surface area contributed by atoms with Crippen LogP contribution in [0.2, 0.25) is 0 Å². The van der Waals surface area contributed by atoms with Gasteiger partial charge in [-0.1, -0.05) is 25.5 Å². The number of aromatic nitrogens is 1. The van der Waals surface area contributed by atoms with E-state index in [0.29, 0.717) is 5.92 Å². The number of pyridine rings is 1. The van der Waals surface area contributed by atoms with E-state index in [1.807, 2.05) is 0 Å². The zero-order chi connectivity index (χ0) is 17.2. The van der Waals surface area contributed by atoms with Crippen molar-refractivity contribution < 1.29 is 0 Å². The molecule has 0 aliphatic carbocycles. The predicted octanol–water partition coefficient (Wildman–Crippen LogP) is 3.91. The maximum atomic E-state index is 4.90. The molecule has 4 heteroatoms. The predicted molar refractivity (Wildman–Crippen MR) is 104 cm³/mol. The topological polar surface area (TPSA) is 31.7 Å². The highest BCUT2D eigenvalue weighted by Gasteiger charge is 2.32. The number of amidine groups is 1. The van der Waals surface area contributed by atoms with E-state index in [1.54, 1.807) is 0 Å². The van der Waals surface area contributed by atoms with Crippen LogP contribution in [0.3, 0.4) is 0 Å². The van der Waals surface area contributed by atoms with Crippen LogP contribution in [0.1, 0.15) is 56.8 Å². The second kappa shape index (κ2) is 7.28. The number of nitrogens with zero attached hydrogens (tertiary/aromatic N) is 4. The number of hydrogen-bond donors (Lipinski definition) is 0. The third kappa shape index (κ3) is 3.50. The summed E-state index contributed by atoms with van der Waals surface area (Å²) >= 11 is 0. The molecule has 3 aliphatic heterocycles. The van der Waals surface area contributed by atoms with Gasteiger partial charge in [0.15, 0.2) is 0 Å². The van der Waals surface area contributed by atoms with Crippen molar-refractivity contribution in [1.82, 2.24) is 14.8 Å². The Kier molecular flexibility index (Phi) is 4.89. The van der Waals surface area contributed by atoms with E-state index < -0.39 is 0 Å². The van der Waals surface area contributed by atoms with Crippen LogP contribution in [0.15, 0.2) is 29.3 Å². The molecule has 0 aromatic carbocycles. The highest BCUT2D eigenvalue weighted by atomic mass is 15.3. The molecule has 0 N–H and O–H groups in total. The number of likely N-dealkylation sites (tertiary alicyclic amines) is 2. The van der Waals surface area contributed by atoms with Gasteiger partial charge in [0.05, 0.1) is 17.8 Å². The second-order valence-corrected chi connectivity index (χ2v) is 7.71. The molecule has 25 heavy (non-hydrogen) atoms. The summed E-state index contributed by atoms with van der Waals surface area (Å²) in [5.74, 6) is 1.60. The van der Waals surface area contributed by atoms with Gasteiger partial charge >= 0.3 is 0 Å². The smallest absolute Gasteiger partial charge is 0.111 e. The Morgan fingerprint density at radius 2 is 2.00 bits per heavy atom. The third-order valence-electron chi connectivity index (χ3n) is 5.93. The van der Waals surface area contributed by atoms with Crippen LogP contribution in [0, 0.1) is 0 Å². The molecule has 2 saturated heterocycles. The van der Waals surface area contributed by atoms with E-state index >= 15 is 0 Å². The van der Waals surface area contributed by atoms with Gasteiger partial charge in [0, 0.05) is 30.7 Å². The molecule has 134 valence electrons. The quantitative estimate of drug-likeness (QED) is 0.783. The number of hydrogen-bond acceptors (Lipinski definition) is 4. The van der Waals surface area contributed by atoms with Gasteiger partial charge in [0.25, 0.3) is 0 Å². The Morgan fingerprint density at radius 1 is 1.16 bits per heavy atom. The van der Waals surface area contributed by atoms with Crippen LogP contribution >= 0.6 is 0 Å². The first-order valence-corrected chi connectivity index (χ1v) is 9.94. The van der Waals surface area contributed by atoms with Gasteiger partial charge in [-0.2, -0.15) is 0 Å². The first kappa shape index (κ1) is 16.8. The van der Waals surface area contributed by atoms with Crippen LogP contribution in [0.4, 0.5) is 5.69 Å². The molecule has 0 saturated carbocycles. The summed E-state index contributed by atoms with van der Waals surface area (Å²) in [4.78, 5) is 15.0. The first-order chi connectivity index (χ1) is 12.2. The number of fused-ring (bicyclic) bond motifs is 1. The third-order valence-corrected chi connectivity index (χ3v) is 5.93. The SMILES string of the molecule is C/C=C\C(C)c1ccc2c(n1)CC(N1CCC(N3CCCCC3)C1)=N2. The summed E-state index contributed by atoms with van der Waals surface area (Å²) in [6, 6.07) is 5.02. The molecule has 0 amide bonds. The average Bonchev–Trinajstić information content (AvgIpc) is 3.29. The Labute approximate surface area is 151 Å². The van der Waals surface area contributed by atoms with E-state index in [1.165, 1.54) is 44.6 Å². The number of piperidine rings is 1. The summed E-state index contributed by atoms with van der Waals surface area (Å²) in [5.41, 5.74) is 3.39. The highest BCUT2D eigenvalue weighted by Crippen LogP contribution is 2.30. The van der Waals surface area contributed by atoms with Crippen LogP contribution in [-0.4, -0.2) is 52.8 Å². The first-order valence-electron chi connectivity index (χ1n) is 9.94. The average molecular weight is 338 g/mol. The molecule has 2 fully saturated rings. The van der Waals surface area contributed by atoms with Crippen LogP contribution < -0.4 is 0 Å². The van der Waals surface area contributed by atoms with Crippen LogP contribution in [0.25, 0.3) is 0 Å². The standard InChI is InChI=1S/C21H30N4/c1-3-7-16(2)18-8-9-19-20(22-18)14-21(23-19)25-13-10-17(15-25)24-11-5-4-6-12-24/h3,7-9,16-17H,4-6,10-15H2,1-2H3/b7-3-. The van der Waals surface area contributed by atoms with Crippen LogP contribution in [-0.2, 0) is 6.42 Å². The molecule has 4 heterocycles. The molecule has 1 aromatic heterocycles. The maximum absolute atomic E-state index is 4.90. The molecule has 0 bridgehead atoms. The fraction of sp³-hybridized carbons (Fsp3) is 0.619. The zero-order valence-electron chi connectivity index (χ0n) is 15.6. The number of aliphatic imine (C=N–C) groups is 1. The Morgan fingerprint density at radius 3 is 2.80 bits per heavy atom. The Balaban J connectivity index is 1.41. The summed E-state index contributed by atoms with van der Waals surface area (Å²) in [6.07, 6.45) is 10.7. The van der Waals surface area contributed by atoms with E-state index in [0.717, 1.165) is 42.6 Å². The molecular weight excluding hydrogens is 308 g/mol. The number of rotatable bonds is 3. The molecule has 1 aromatic rings. The van der Waals surface area contributed by atoms with Gasteiger partial charge in [0.1, 0.15) is 5.84 Å². The minimum Gasteiger partial charge on any atom is -0.358 e. The van der Waals surface area contributed by atoms with Gasteiger partial charge in [-0.25, -0.2) is 4.99 Å². The van der Waals surface area contributed by atoms with Crippen LogP contribution in [0.5, 0.6) is 0 Å². The molecule has 4 nitrogen and oxygen atoms in total. The number of allylic oxidation sites excluding steroid dienone is 2. The molecular formula is C21H30N4. The van der Waals surface area contributed by atoms with Crippen molar-refractivity contribution >= 4 is 11.5 Å². The lowest BCUT2D eigenvalue weighted by molar-refractivity contribution is 0.169. The zero-order valence-corrected chi connectivity index (χ0v) is 15.6. The van der Waals surface area contributed by atoms with E-state index in [-0.39, 0.29) is 0 Å². The molecule has 3 aliphatic rings. The minimum absolute atomic E-state index is 0.370. The molecule has 2 atom stereocenters. The second-order valence-electron chi connectivity index (χ2n) is 7.71. The lowest BCUT2D eigenvalue weighted by Gasteiger charge is -2.32. The summed E-state index contributed by atoms with van der Waals surface area (Å²) in [5, 5.41) is 0. The normalized spacial score (nSPS) is 25.4. The van der Waals surface area contributed by atoms with Gasteiger partial charge in [-0.05, 0) is 51.4 Å². The highest BCUT2D eigenvalue weighted by molar-refractivity contribution is 5.91. The summed E-state index contributed by atoms with van der Waals surface area (Å²) in [6.45, 7) is 9.15. The largest absolute Gasteiger partial charge is 0.358 e. The maximum Gasteiger partial charge on any atom is 0.111 e. The van der Waals surface area contributed by atoms with Crippen molar-refractivity contribution in [2.45, 2.75) is 57.9 Å². The van der Waals surface area contributed by atoms with Crippen molar-refractivity contribution in [1.29, 1.82) is 0 Å². The molecule has 2 unspecified atom stereocenters. The van der Waals surface area contributed by atoms with Crippen molar-refractivity contribution in [3.8, 4) is 0 Å². The molecule has 4 rings (SSSR count). The lowest BCUT2D eigenvalue weighted by Crippen LogP contribution is -2.41. The fourth-order valence-corrected chi connectivity index (χ4v) is 4.45. The van der Waals surface area contributed by atoms with Gasteiger partial charge in [-0.3, -0.25) is 9.88 Å². The Hall–Kier alpha value is -1.68. The molecule has 0 radical (unpaired) electrons. The summed E-state index contributed by atoms with van der Waals surface area (Å²) < 4.78 is 0. The fourth-order valence-electron chi connectivity index (χ4n) is 4.45. The van der Waals surface area contributed by atoms with Crippen molar-refractivity contribution in [2.75, 3.05) is 26.2 Å². The van der Waals surface area contributed by atoms with E-state index in [9.17, 15) is 0 Å². The van der Waals surface area contributed by atoms with Gasteiger partial charge < -0.3 is 4.90 Å².